The Balaban J connectivity index is 3.71. The molecule has 0 bridgehead atoms. The van der Waals surface area contributed by atoms with Gasteiger partial charge in [-0.1, -0.05) is 6.58 Å². The van der Waals surface area contributed by atoms with E-state index in [-0.39, 0.29) is 11.9 Å². The van der Waals surface area contributed by atoms with E-state index in [1.54, 1.807) is 27.7 Å². The smallest absolute Gasteiger partial charge is 0.333 e. The van der Waals surface area contributed by atoms with Crippen LogP contribution in [-0.4, -0.2) is 36.4 Å². The summed E-state index contributed by atoms with van der Waals surface area (Å²) in [6, 6.07) is 0. The molecule has 0 radical (unpaired) electrons. The van der Waals surface area contributed by atoms with Crippen LogP contribution in [0.25, 0.3) is 0 Å². The quantitative estimate of drug-likeness (QED) is 0.381. The van der Waals surface area contributed by atoms with E-state index in [4.69, 9.17) is 9.47 Å². The minimum Gasteiger partial charge on any atom is -0.465 e. The summed E-state index contributed by atoms with van der Waals surface area (Å²) in [5, 5.41) is 9.84. The van der Waals surface area contributed by atoms with Gasteiger partial charge < -0.3 is 14.6 Å². The molecule has 0 aromatic heterocycles. The van der Waals surface area contributed by atoms with Crippen LogP contribution in [0, 0.1) is 5.41 Å². The molecule has 0 aliphatic heterocycles. The molecule has 1 N–H and O–H groups in total. The molecule has 0 spiro atoms. The maximum absolute atomic E-state index is 11.5. The van der Waals surface area contributed by atoms with Crippen molar-refractivity contribution in [2.24, 2.45) is 5.41 Å². The van der Waals surface area contributed by atoms with E-state index in [9.17, 15) is 14.7 Å². The highest BCUT2D eigenvalue weighted by molar-refractivity contribution is 5.87. The molecule has 22 heavy (non-hydrogen) atoms. The summed E-state index contributed by atoms with van der Waals surface area (Å²) >= 11 is 0. The lowest BCUT2D eigenvalue weighted by Gasteiger charge is -2.17. The number of aliphatic hydroxyl groups excluding tert-OH is 1. The van der Waals surface area contributed by atoms with Gasteiger partial charge in [0, 0.05) is 5.57 Å². The van der Waals surface area contributed by atoms with Crippen LogP contribution >= 0.6 is 0 Å². The highest BCUT2D eigenvalue weighted by atomic mass is 16.5. The predicted octanol–water partition coefficient (Wildman–Crippen LogP) is 3.01. The standard InChI is InChI=1S/C17H30O5/c1-6-21-15(19)13(2)9-7-10-14(18)11-8-12-22-16(20)17(3,4)5/h14,18H,2,6-12H2,1,3-5H3. The van der Waals surface area contributed by atoms with E-state index < -0.39 is 11.5 Å². The molecule has 0 heterocycles. The topological polar surface area (TPSA) is 72.8 Å². The summed E-state index contributed by atoms with van der Waals surface area (Å²) in [6.07, 6.45) is 2.54. The first-order valence-corrected chi connectivity index (χ1v) is 7.88. The zero-order valence-corrected chi connectivity index (χ0v) is 14.3. The predicted molar refractivity (Wildman–Crippen MR) is 85.3 cm³/mol. The van der Waals surface area contributed by atoms with Gasteiger partial charge in [-0.25, -0.2) is 4.79 Å². The van der Waals surface area contributed by atoms with Gasteiger partial charge >= 0.3 is 11.9 Å². The molecule has 5 heteroatoms. The van der Waals surface area contributed by atoms with Crippen molar-refractivity contribution >= 4 is 11.9 Å². The van der Waals surface area contributed by atoms with Crippen LogP contribution in [-0.2, 0) is 19.1 Å². The number of rotatable bonds is 10. The van der Waals surface area contributed by atoms with E-state index >= 15 is 0 Å². The average Bonchev–Trinajstić information content (AvgIpc) is 2.42. The Morgan fingerprint density at radius 2 is 1.73 bits per heavy atom. The van der Waals surface area contributed by atoms with Crippen molar-refractivity contribution in [3.63, 3.8) is 0 Å². The fourth-order valence-electron chi connectivity index (χ4n) is 1.73. The molecule has 0 aliphatic rings. The normalized spacial score (nSPS) is 12.6. The summed E-state index contributed by atoms with van der Waals surface area (Å²) < 4.78 is 9.97. The van der Waals surface area contributed by atoms with E-state index in [1.807, 2.05) is 0 Å². The number of carbonyl (C=O) groups excluding carboxylic acids is 2. The van der Waals surface area contributed by atoms with Gasteiger partial charge in [-0.2, -0.15) is 0 Å². The molecule has 128 valence electrons. The summed E-state index contributed by atoms with van der Waals surface area (Å²) in [6.45, 7) is 11.5. The average molecular weight is 314 g/mol. The molecule has 0 amide bonds. The largest absolute Gasteiger partial charge is 0.465 e. The highest BCUT2D eigenvalue weighted by Gasteiger charge is 2.22. The molecule has 0 aliphatic carbocycles. The van der Waals surface area contributed by atoms with Crippen LogP contribution in [0.3, 0.4) is 0 Å². The fraction of sp³-hybridized carbons (Fsp3) is 0.765. The second-order valence-electron chi connectivity index (χ2n) is 6.40. The van der Waals surface area contributed by atoms with Crippen LogP contribution in [0.2, 0.25) is 0 Å². The fourth-order valence-corrected chi connectivity index (χ4v) is 1.73. The highest BCUT2D eigenvalue weighted by Crippen LogP contribution is 2.16. The van der Waals surface area contributed by atoms with Gasteiger partial charge in [0.2, 0.25) is 0 Å². The minimum absolute atomic E-state index is 0.229. The van der Waals surface area contributed by atoms with Crippen molar-refractivity contribution in [3.8, 4) is 0 Å². The number of hydrogen-bond acceptors (Lipinski definition) is 5. The maximum Gasteiger partial charge on any atom is 0.333 e. The van der Waals surface area contributed by atoms with Crippen LogP contribution in [0.4, 0.5) is 0 Å². The second-order valence-corrected chi connectivity index (χ2v) is 6.40. The first-order valence-electron chi connectivity index (χ1n) is 7.88. The number of carbonyl (C=O) groups is 2. The van der Waals surface area contributed by atoms with E-state index in [0.29, 0.717) is 50.9 Å². The van der Waals surface area contributed by atoms with Gasteiger partial charge in [0.15, 0.2) is 0 Å². The molecule has 0 aromatic carbocycles. The van der Waals surface area contributed by atoms with Crippen molar-refractivity contribution < 1.29 is 24.2 Å². The van der Waals surface area contributed by atoms with E-state index in [2.05, 4.69) is 6.58 Å². The lowest BCUT2D eigenvalue weighted by Crippen LogP contribution is -2.23. The molecule has 0 saturated carbocycles. The van der Waals surface area contributed by atoms with Crippen molar-refractivity contribution in [1.29, 1.82) is 0 Å². The molecule has 5 nitrogen and oxygen atoms in total. The van der Waals surface area contributed by atoms with Gasteiger partial charge in [0.25, 0.3) is 0 Å². The van der Waals surface area contributed by atoms with Crippen LogP contribution in [0.1, 0.15) is 59.8 Å². The van der Waals surface area contributed by atoms with Crippen LogP contribution in [0.15, 0.2) is 12.2 Å². The number of hydrogen-bond donors (Lipinski definition) is 1. The summed E-state index contributed by atoms with van der Waals surface area (Å²) in [4.78, 5) is 22.9. The second kappa shape index (κ2) is 10.4. The lowest BCUT2D eigenvalue weighted by molar-refractivity contribution is -0.153. The maximum atomic E-state index is 11.5. The Morgan fingerprint density at radius 3 is 2.27 bits per heavy atom. The summed E-state index contributed by atoms with van der Waals surface area (Å²) in [5.74, 6) is -0.598. The van der Waals surface area contributed by atoms with Crippen LogP contribution in [0.5, 0.6) is 0 Å². The molecule has 1 atom stereocenters. The Morgan fingerprint density at radius 1 is 1.14 bits per heavy atom. The molecule has 0 fully saturated rings. The first kappa shape index (κ1) is 20.6. The first-order chi connectivity index (χ1) is 10.2. The van der Waals surface area contributed by atoms with Gasteiger partial charge in [-0.15, -0.1) is 0 Å². The minimum atomic E-state index is -0.494. The Bertz CT molecular complexity index is 368. The Labute approximate surface area is 133 Å². The van der Waals surface area contributed by atoms with Gasteiger partial charge in [0.1, 0.15) is 0 Å². The van der Waals surface area contributed by atoms with Gasteiger partial charge in [0.05, 0.1) is 24.7 Å². The van der Waals surface area contributed by atoms with Crippen molar-refractivity contribution in [2.45, 2.75) is 65.9 Å². The van der Waals surface area contributed by atoms with Crippen molar-refractivity contribution in [2.75, 3.05) is 13.2 Å². The number of aliphatic hydroxyl groups is 1. The zero-order valence-electron chi connectivity index (χ0n) is 14.3. The Hall–Kier alpha value is -1.36. The van der Waals surface area contributed by atoms with Crippen molar-refractivity contribution in [1.82, 2.24) is 0 Å². The molecule has 0 saturated heterocycles. The lowest BCUT2D eigenvalue weighted by atomic mass is 9.97. The molecule has 0 rings (SSSR count). The van der Waals surface area contributed by atoms with E-state index in [0.717, 1.165) is 0 Å². The van der Waals surface area contributed by atoms with E-state index in [1.165, 1.54) is 0 Å². The summed E-state index contributed by atoms with van der Waals surface area (Å²) in [5.41, 5.74) is -0.0559. The zero-order chi connectivity index (χ0) is 17.2. The van der Waals surface area contributed by atoms with Crippen LogP contribution < -0.4 is 0 Å². The molecule has 1 unspecified atom stereocenters. The molecular formula is C17H30O5. The molecular weight excluding hydrogens is 284 g/mol. The van der Waals surface area contributed by atoms with Gasteiger partial charge in [-0.05, 0) is 59.8 Å². The molecule has 0 aromatic rings. The third-order valence-corrected chi connectivity index (χ3v) is 3.11. The monoisotopic (exact) mass is 314 g/mol. The number of esters is 2. The SMILES string of the molecule is C=C(CCCC(O)CCCOC(=O)C(C)(C)C)C(=O)OCC. The summed E-state index contributed by atoms with van der Waals surface area (Å²) in [7, 11) is 0. The third-order valence-electron chi connectivity index (χ3n) is 3.11. The number of ether oxygens (including phenoxy) is 2. The Kier molecular flexibility index (Phi) is 9.74. The third kappa shape index (κ3) is 9.55. The van der Waals surface area contributed by atoms with Crippen molar-refractivity contribution in [3.05, 3.63) is 12.2 Å². The van der Waals surface area contributed by atoms with Gasteiger partial charge in [-0.3, -0.25) is 4.79 Å².